The molecule has 3 heteroatoms. The Labute approximate surface area is 115 Å². The molecular formula is C15H26O2S. The second-order valence-corrected chi connectivity index (χ2v) is 7.49. The Balaban J connectivity index is 1.99. The zero-order valence-corrected chi connectivity index (χ0v) is 12.7. The number of rotatable bonds is 3. The summed E-state index contributed by atoms with van der Waals surface area (Å²) in [7, 11) is 0. The van der Waals surface area contributed by atoms with Gasteiger partial charge in [-0.15, -0.1) is 0 Å². The molecule has 0 aromatic rings. The van der Waals surface area contributed by atoms with E-state index in [-0.39, 0.29) is 17.4 Å². The third-order valence-corrected chi connectivity index (χ3v) is 5.73. The Morgan fingerprint density at radius 3 is 2.56 bits per heavy atom. The molecule has 0 amide bonds. The van der Waals surface area contributed by atoms with Crippen LogP contribution in [0, 0.1) is 17.8 Å². The number of thioether (sulfide) groups is 1. The van der Waals surface area contributed by atoms with Crippen LogP contribution < -0.4 is 0 Å². The van der Waals surface area contributed by atoms with Gasteiger partial charge in [0.25, 0.3) is 0 Å². The van der Waals surface area contributed by atoms with Crippen molar-refractivity contribution in [2.45, 2.75) is 52.1 Å². The summed E-state index contributed by atoms with van der Waals surface area (Å²) in [6, 6.07) is 0. The lowest BCUT2D eigenvalue weighted by Gasteiger charge is -2.43. The predicted octanol–water partition coefficient (Wildman–Crippen LogP) is 3.54. The number of hydrogen-bond donors (Lipinski definition) is 0. The maximum atomic E-state index is 12.5. The second-order valence-electron chi connectivity index (χ2n) is 6.27. The Morgan fingerprint density at radius 2 is 1.94 bits per heavy atom. The molecule has 1 spiro atoms. The molecular weight excluding hydrogens is 244 g/mol. The molecule has 2 aliphatic rings. The highest BCUT2D eigenvalue weighted by Crippen LogP contribution is 2.40. The largest absolute Gasteiger partial charge is 0.375 e. The molecule has 2 saturated heterocycles. The molecule has 2 nitrogen and oxygen atoms in total. The topological polar surface area (TPSA) is 26.3 Å². The van der Waals surface area contributed by atoms with E-state index in [9.17, 15) is 4.79 Å². The molecule has 0 N–H and O–H groups in total. The van der Waals surface area contributed by atoms with Crippen LogP contribution in [0.2, 0.25) is 0 Å². The first-order chi connectivity index (χ1) is 8.54. The molecule has 0 saturated carbocycles. The lowest BCUT2D eigenvalue weighted by Crippen LogP contribution is -2.45. The van der Waals surface area contributed by atoms with E-state index in [1.807, 2.05) is 11.8 Å². The number of ether oxygens (including phenoxy) is 1. The van der Waals surface area contributed by atoms with Crippen LogP contribution in [-0.4, -0.2) is 29.5 Å². The number of carbonyl (C=O) groups is 1. The van der Waals surface area contributed by atoms with Gasteiger partial charge in [0.1, 0.15) is 5.78 Å². The van der Waals surface area contributed by atoms with Crippen molar-refractivity contribution >= 4 is 17.5 Å². The average Bonchev–Trinajstić information content (AvgIpc) is 2.38. The summed E-state index contributed by atoms with van der Waals surface area (Å²) in [6.07, 6.45) is 4.18. The van der Waals surface area contributed by atoms with E-state index in [0.29, 0.717) is 11.7 Å². The fourth-order valence-corrected chi connectivity index (χ4v) is 4.30. The Hall–Kier alpha value is -0.0200. The normalized spacial score (nSPS) is 29.4. The maximum absolute atomic E-state index is 12.5. The lowest BCUT2D eigenvalue weighted by molar-refractivity contribution is -0.142. The zero-order valence-electron chi connectivity index (χ0n) is 11.9. The van der Waals surface area contributed by atoms with Gasteiger partial charge >= 0.3 is 0 Å². The van der Waals surface area contributed by atoms with E-state index in [0.717, 1.165) is 32.3 Å². The lowest BCUT2D eigenvalue weighted by atomic mass is 9.76. The Bertz CT molecular complexity index is 289. The van der Waals surface area contributed by atoms with Crippen LogP contribution >= 0.6 is 11.8 Å². The van der Waals surface area contributed by atoms with Crippen molar-refractivity contribution in [2.24, 2.45) is 17.8 Å². The quantitative estimate of drug-likeness (QED) is 0.784. The molecule has 18 heavy (non-hydrogen) atoms. The van der Waals surface area contributed by atoms with Gasteiger partial charge in [-0.05, 0) is 43.1 Å². The molecule has 104 valence electrons. The first-order valence-electron chi connectivity index (χ1n) is 7.29. The Morgan fingerprint density at radius 1 is 1.28 bits per heavy atom. The van der Waals surface area contributed by atoms with Crippen molar-refractivity contribution in [3.8, 4) is 0 Å². The van der Waals surface area contributed by atoms with Crippen molar-refractivity contribution in [1.29, 1.82) is 0 Å². The van der Waals surface area contributed by atoms with Crippen molar-refractivity contribution < 1.29 is 9.53 Å². The third-order valence-electron chi connectivity index (χ3n) is 4.75. The highest BCUT2D eigenvalue weighted by atomic mass is 32.2. The molecule has 0 aliphatic carbocycles. The van der Waals surface area contributed by atoms with Gasteiger partial charge in [-0.25, -0.2) is 0 Å². The summed E-state index contributed by atoms with van der Waals surface area (Å²) in [5.74, 6) is 3.77. The average molecular weight is 270 g/mol. The molecule has 0 aromatic carbocycles. The molecule has 2 rings (SSSR count). The van der Waals surface area contributed by atoms with Crippen molar-refractivity contribution in [2.75, 3.05) is 18.1 Å². The third kappa shape index (κ3) is 3.11. The van der Waals surface area contributed by atoms with Crippen molar-refractivity contribution in [1.82, 2.24) is 0 Å². The highest BCUT2D eigenvalue weighted by molar-refractivity contribution is 7.99. The SMILES string of the molecule is CC(C)C(C)C(=O)C1CCOC2(CCSCC2)C1. The molecule has 2 fully saturated rings. The number of ketones is 1. The molecule has 2 atom stereocenters. The monoisotopic (exact) mass is 270 g/mol. The number of hydrogen-bond acceptors (Lipinski definition) is 3. The molecule has 2 heterocycles. The van der Waals surface area contributed by atoms with Gasteiger partial charge in [0, 0.05) is 18.4 Å². The molecule has 0 radical (unpaired) electrons. The van der Waals surface area contributed by atoms with Crippen LogP contribution in [0.5, 0.6) is 0 Å². The molecule has 0 bridgehead atoms. The smallest absolute Gasteiger partial charge is 0.139 e. The minimum Gasteiger partial charge on any atom is -0.375 e. The van der Waals surface area contributed by atoms with Gasteiger partial charge in [-0.3, -0.25) is 4.79 Å². The maximum Gasteiger partial charge on any atom is 0.139 e. The number of Topliss-reactive ketones (excluding diaryl/α,β-unsaturated/α-hetero) is 1. The Kier molecular flexibility index (Phi) is 4.76. The van der Waals surface area contributed by atoms with Crippen LogP contribution in [0.15, 0.2) is 0 Å². The van der Waals surface area contributed by atoms with Gasteiger partial charge in [0.15, 0.2) is 0 Å². The number of carbonyl (C=O) groups excluding carboxylic acids is 1. The van der Waals surface area contributed by atoms with Gasteiger partial charge in [0.05, 0.1) is 5.60 Å². The first-order valence-corrected chi connectivity index (χ1v) is 8.45. The first kappa shape index (κ1) is 14.4. The highest BCUT2D eigenvalue weighted by Gasteiger charge is 2.41. The van der Waals surface area contributed by atoms with Crippen LogP contribution in [0.4, 0.5) is 0 Å². The molecule has 2 aliphatic heterocycles. The summed E-state index contributed by atoms with van der Waals surface area (Å²) >= 11 is 2.02. The van der Waals surface area contributed by atoms with Crippen LogP contribution in [0.25, 0.3) is 0 Å². The summed E-state index contributed by atoms with van der Waals surface area (Å²) in [5.41, 5.74) is 0.0422. The summed E-state index contributed by atoms with van der Waals surface area (Å²) in [6.45, 7) is 7.17. The van der Waals surface area contributed by atoms with E-state index < -0.39 is 0 Å². The van der Waals surface area contributed by atoms with Crippen molar-refractivity contribution in [3.63, 3.8) is 0 Å². The van der Waals surface area contributed by atoms with Gasteiger partial charge in [-0.1, -0.05) is 20.8 Å². The molecule has 2 unspecified atom stereocenters. The van der Waals surface area contributed by atoms with Crippen LogP contribution in [0.1, 0.15) is 46.5 Å². The van der Waals surface area contributed by atoms with E-state index in [1.54, 1.807) is 0 Å². The summed E-state index contributed by atoms with van der Waals surface area (Å²) < 4.78 is 6.06. The molecule has 0 aromatic heterocycles. The van der Waals surface area contributed by atoms with E-state index in [2.05, 4.69) is 20.8 Å². The van der Waals surface area contributed by atoms with Gasteiger partial charge in [-0.2, -0.15) is 11.8 Å². The van der Waals surface area contributed by atoms with Crippen molar-refractivity contribution in [3.05, 3.63) is 0 Å². The van der Waals surface area contributed by atoms with Gasteiger partial charge in [0.2, 0.25) is 0 Å². The van der Waals surface area contributed by atoms with E-state index in [4.69, 9.17) is 4.74 Å². The fourth-order valence-electron chi connectivity index (χ4n) is 3.06. The van der Waals surface area contributed by atoms with E-state index >= 15 is 0 Å². The minimum absolute atomic E-state index is 0.0422. The van der Waals surface area contributed by atoms with Gasteiger partial charge < -0.3 is 4.74 Å². The minimum atomic E-state index is 0.0422. The fraction of sp³-hybridized carbons (Fsp3) is 0.933. The standard InChI is InChI=1S/C15H26O2S/c1-11(2)12(3)14(16)13-4-7-17-15(10-13)5-8-18-9-6-15/h11-13H,4-10H2,1-3H3. The predicted molar refractivity (Wildman–Crippen MR) is 77.0 cm³/mol. The summed E-state index contributed by atoms with van der Waals surface area (Å²) in [5, 5.41) is 0. The van der Waals surface area contributed by atoms with E-state index in [1.165, 1.54) is 11.5 Å². The van der Waals surface area contributed by atoms with Crippen LogP contribution in [0.3, 0.4) is 0 Å². The summed E-state index contributed by atoms with van der Waals surface area (Å²) in [4.78, 5) is 12.5. The second kappa shape index (κ2) is 5.96. The zero-order chi connectivity index (χ0) is 13.2. The van der Waals surface area contributed by atoms with Crippen LogP contribution in [-0.2, 0) is 9.53 Å².